The molecule has 0 aliphatic heterocycles. The molecule has 0 aliphatic rings. The van der Waals surface area contributed by atoms with E-state index >= 15 is 0 Å². The van der Waals surface area contributed by atoms with Gasteiger partial charge in [-0.05, 0) is 77.0 Å². The standard InChI is InChI=1S/C46H84O4/c1-3-5-7-9-11-13-15-17-18-19-20-21-22-23-24-25-26-27-28-29-30-32-34-36-38-40-42-49-44-45(43-47)50-46(48)41-39-37-35-33-31-16-14-12-10-8-6-4-2/h12,14-15,17,19-20,22-23,45,47H,3-11,13,16,18,21,24-44H2,1-2H3/b14-12-,17-15-,20-19-,23-22-. The molecule has 0 amide bonds. The van der Waals surface area contributed by atoms with Crippen LogP contribution in [0.1, 0.15) is 213 Å². The molecule has 0 aromatic heterocycles. The van der Waals surface area contributed by atoms with E-state index in [4.69, 9.17) is 9.47 Å². The lowest BCUT2D eigenvalue weighted by atomic mass is 10.1. The first-order chi connectivity index (χ1) is 24.7. The van der Waals surface area contributed by atoms with Crippen LogP contribution in [0.2, 0.25) is 0 Å². The normalized spacial score (nSPS) is 12.8. The summed E-state index contributed by atoms with van der Waals surface area (Å²) in [5, 5.41) is 9.58. The van der Waals surface area contributed by atoms with Gasteiger partial charge in [0.25, 0.3) is 0 Å². The topological polar surface area (TPSA) is 55.8 Å². The number of carbonyl (C=O) groups excluding carboxylic acids is 1. The van der Waals surface area contributed by atoms with Crippen molar-refractivity contribution in [2.75, 3.05) is 19.8 Å². The second kappa shape index (κ2) is 43.5. The number of hydrogen-bond donors (Lipinski definition) is 1. The molecule has 50 heavy (non-hydrogen) atoms. The van der Waals surface area contributed by atoms with E-state index in [9.17, 15) is 9.90 Å². The minimum Gasteiger partial charge on any atom is -0.457 e. The molecule has 0 saturated carbocycles. The molecule has 0 saturated heterocycles. The van der Waals surface area contributed by atoms with Gasteiger partial charge in [-0.3, -0.25) is 4.79 Å². The Morgan fingerprint density at radius 3 is 1.32 bits per heavy atom. The van der Waals surface area contributed by atoms with Gasteiger partial charge in [0.15, 0.2) is 0 Å². The van der Waals surface area contributed by atoms with E-state index in [1.165, 1.54) is 161 Å². The Morgan fingerprint density at radius 2 is 0.840 bits per heavy atom. The van der Waals surface area contributed by atoms with E-state index in [0.717, 1.165) is 32.1 Å². The van der Waals surface area contributed by atoms with Crippen LogP contribution in [0.3, 0.4) is 0 Å². The minimum absolute atomic E-state index is 0.176. The summed E-state index contributed by atoms with van der Waals surface area (Å²) < 4.78 is 11.1. The molecule has 4 heteroatoms. The van der Waals surface area contributed by atoms with Gasteiger partial charge >= 0.3 is 5.97 Å². The number of carbonyl (C=O) groups is 1. The quantitative estimate of drug-likeness (QED) is 0.0393. The fourth-order valence-electron chi connectivity index (χ4n) is 6.09. The van der Waals surface area contributed by atoms with Crippen LogP contribution in [0.25, 0.3) is 0 Å². The largest absolute Gasteiger partial charge is 0.457 e. The van der Waals surface area contributed by atoms with Crippen LogP contribution in [0, 0.1) is 0 Å². The van der Waals surface area contributed by atoms with E-state index in [0.29, 0.717) is 19.6 Å². The molecule has 0 rings (SSSR count). The van der Waals surface area contributed by atoms with Crippen molar-refractivity contribution in [3.8, 4) is 0 Å². The van der Waals surface area contributed by atoms with E-state index < -0.39 is 6.10 Å². The third-order valence-electron chi connectivity index (χ3n) is 9.38. The summed E-state index contributed by atoms with van der Waals surface area (Å²) in [6, 6.07) is 0. The number of unbranched alkanes of at least 4 members (excludes halogenated alkanes) is 24. The summed E-state index contributed by atoms with van der Waals surface area (Å²) in [5.41, 5.74) is 0. The molecular weight excluding hydrogens is 617 g/mol. The third-order valence-corrected chi connectivity index (χ3v) is 9.38. The Labute approximate surface area is 312 Å². The van der Waals surface area contributed by atoms with Gasteiger partial charge in [0.2, 0.25) is 0 Å². The molecular formula is C46H84O4. The zero-order valence-corrected chi connectivity index (χ0v) is 33.4. The first kappa shape index (κ1) is 48.3. The van der Waals surface area contributed by atoms with Crippen molar-refractivity contribution < 1.29 is 19.4 Å². The number of ether oxygens (including phenoxy) is 2. The van der Waals surface area contributed by atoms with Crippen LogP contribution in [-0.2, 0) is 14.3 Å². The molecule has 0 bridgehead atoms. The molecule has 1 atom stereocenters. The van der Waals surface area contributed by atoms with Gasteiger partial charge in [-0.15, -0.1) is 0 Å². The Kier molecular flexibility index (Phi) is 42.1. The van der Waals surface area contributed by atoms with Crippen LogP contribution in [0.5, 0.6) is 0 Å². The summed E-state index contributed by atoms with van der Waals surface area (Å²) in [6.07, 6.45) is 56.0. The summed E-state index contributed by atoms with van der Waals surface area (Å²) in [7, 11) is 0. The zero-order valence-electron chi connectivity index (χ0n) is 33.4. The number of hydrogen-bond acceptors (Lipinski definition) is 4. The highest BCUT2D eigenvalue weighted by Crippen LogP contribution is 2.13. The van der Waals surface area contributed by atoms with Crippen LogP contribution >= 0.6 is 0 Å². The molecule has 0 radical (unpaired) electrons. The Hall–Kier alpha value is -1.65. The van der Waals surface area contributed by atoms with E-state index in [2.05, 4.69) is 62.5 Å². The van der Waals surface area contributed by atoms with Gasteiger partial charge in [-0.2, -0.15) is 0 Å². The summed E-state index contributed by atoms with van der Waals surface area (Å²) in [6.45, 7) is 5.30. The molecule has 292 valence electrons. The number of aliphatic hydroxyl groups excluding tert-OH is 1. The highest BCUT2D eigenvalue weighted by Gasteiger charge is 2.13. The van der Waals surface area contributed by atoms with Crippen molar-refractivity contribution in [1.82, 2.24) is 0 Å². The lowest BCUT2D eigenvalue weighted by Crippen LogP contribution is -2.27. The molecule has 1 unspecified atom stereocenters. The average Bonchev–Trinajstić information content (AvgIpc) is 3.12. The van der Waals surface area contributed by atoms with Gasteiger partial charge in [-0.25, -0.2) is 0 Å². The minimum atomic E-state index is -0.539. The van der Waals surface area contributed by atoms with E-state index in [-0.39, 0.29) is 12.6 Å². The highest BCUT2D eigenvalue weighted by atomic mass is 16.6. The first-order valence-corrected chi connectivity index (χ1v) is 21.7. The highest BCUT2D eigenvalue weighted by molar-refractivity contribution is 5.69. The van der Waals surface area contributed by atoms with Crippen LogP contribution in [0.4, 0.5) is 0 Å². The monoisotopic (exact) mass is 701 g/mol. The first-order valence-electron chi connectivity index (χ1n) is 21.7. The smallest absolute Gasteiger partial charge is 0.306 e. The molecule has 0 aromatic carbocycles. The lowest BCUT2D eigenvalue weighted by molar-refractivity contribution is -0.154. The maximum atomic E-state index is 12.1. The zero-order chi connectivity index (χ0) is 36.3. The molecule has 1 N–H and O–H groups in total. The second-order valence-electron chi connectivity index (χ2n) is 14.4. The van der Waals surface area contributed by atoms with Crippen molar-refractivity contribution in [1.29, 1.82) is 0 Å². The van der Waals surface area contributed by atoms with Gasteiger partial charge in [-0.1, -0.05) is 178 Å². The predicted molar refractivity (Wildman–Crippen MR) is 219 cm³/mol. The average molecular weight is 701 g/mol. The Bertz CT molecular complexity index is 783. The molecule has 0 fully saturated rings. The molecule has 0 heterocycles. The van der Waals surface area contributed by atoms with Crippen LogP contribution < -0.4 is 0 Å². The number of allylic oxidation sites excluding steroid dienone is 8. The maximum absolute atomic E-state index is 12.1. The van der Waals surface area contributed by atoms with E-state index in [1.807, 2.05) is 0 Å². The third kappa shape index (κ3) is 40.8. The van der Waals surface area contributed by atoms with Crippen molar-refractivity contribution >= 4 is 5.97 Å². The molecule has 0 aliphatic carbocycles. The van der Waals surface area contributed by atoms with Crippen LogP contribution in [0.15, 0.2) is 48.6 Å². The van der Waals surface area contributed by atoms with Crippen molar-refractivity contribution in [3.05, 3.63) is 48.6 Å². The number of esters is 1. The molecule has 0 aromatic rings. The Morgan fingerprint density at radius 1 is 0.480 bits per heavy atom. The van der Waals surface area contributed by atoms with Gasteiger partial charge < -0.3 is 14.6 Å². The number of rotatable bonds is 40. The maximum Gasteiger partial charge on any atom is 0.306 e. The van der Waals surface area contributed by atoms with Crippen LogP contribution in [-0.4, -0.2) is 37.0 Å². The lowest BCUT2D eigenvalue weighted by Gasteiger charge is -2.15. The van der Waals surface area contributed by atoms with Gasteiger partial charge in [0, 0.05) is 13.0 Å². The molecule has 0 spiro atoms. The van der Waals surface area contributed by atoms with E-state index in [1.54, 1.807) is 0 Å². The van der Waals surface area contributed by atoms with Gasteiger partial charge in [0.05, 0.1) is 13.2 Å². The van der Waals surface area contributed by atoms with Crippen molar-refractivity contribution in [2.45, 2.75) is 219 Å². The summed E-state index contributed by atoms with van der Waals surface area (Å²) in [5.74, 6) is -0.212. The SMILES string of the molecule is CCCCC/C=C\CCCCCCCC(=O)OC(CO)COCCCCCCCCCCCCC/C=C\C/C=C\C/C=C\CCCCCCC. The Balaban J connectivity index is 3.42. The summed E-state index contributed by atoms with van der Waals surface area (Å²) >= 11 is 0. The second-order valence-corrected chi connectivity index (χ2v) is 14.4. The predicted octanol–water partition coefficient (Wildman–Crippen LogP) is 14.3. The molecule has 4 nitrogen and oxygen atoms in total. The fourth-order valence-corrected chi connectivity index (χ4v) is 6.09. The van der Waals surface area contributed by atoms with Crippen molar-refractivity contribution in [3.63, 3.8) is 0 Å². The summed E-state index contributed by atoms with van der Waals surface area (Å²) in [4.78, 5) is 12.1. The van der Waals surface area contributed by atoms with Gasteiger partial charge in [0.1, 0.15) is 6.10 Å². The fraction of sp³-hybridized carbons (Fsp3) is 0.804. The van der Waals surface area contributed by atoms with Crippen molar-refractivity contribution in [2.24, 2.45) is 0 Å². The number of aliphatic hydroxyl groups is 1.